The first-order chi connectivity index (χ1) is 13.6. The van der Waals surface area contributed by atoms with Crippen LogP contribution in [0.3, 0.4) is 0 Å². The van der Waals surface area contributed by atoms with E-state index in [1.165, 1.54) is 18.2 Å². The van der Waals surface area contributed by atoms with Crippen molar-refractivity contribution in [3.05, 3.63) is 71.5 Å². The van der Waals surface area contributed by atoms with E-state index in [2.05, 4.69) is 0 Å². The minimum atomic E-state index is -7.10. The molecule has 0 saturated carbocycles. The second kappa shape index (κ2) is 7.92. The predicted octanol–water partition coefficient (Wildman–Crippen LogP) is 6.65. The number of rotatable bonds is 7. The van der Waals surface area contributed by atoms with E-state index in [-0.39, 0.29) is 5.56 Å². The molecule has 1 nitrogen and oxygen atoms in total. The van der Waals surface area contributed by atoms with E-state index in [0.29, 0.717) is 6.07 Å². The molecule has 0 bridgehead atoms. The Morgan fingerprint density at radius 3 is 1.73 bits per heavy atom. The van der Waals surface area contributed by atoms with E-state index in [1.54, 1.807) is 0 Å². The molecule has 2 aromatic carbocycles. The average Bonchev–Trinajstić information content (AvgIpc) is 2.65. The molecule has 1 atom stereocenters. The van der Waals surface area contributed by atoms with Gasteiger partial charge in [-0.3, -0.25) is 4.79 Å². The van der Waals surface area contributed by atoms with Crippen molar-refractivity contribution in [2.45, 2.75) is 36.3 Å². The van der Waals surface area contributed by atoms with E-state index in [4.69, 9.17) is 0 Å². The summed E-state index contributed by atoms with van der Waals surface area (Å²) in [6, 6.07) is 9.66. The van der Waals surface area contributed by atoms with Gasteiger partial charge in [0.15, 0.2) is 5.78 Å². The van der Waals surface area contributed by atoms with Crippen molar-refractivity contribution in [1.29, 1.82) is 0 Å². The van der Waals surface area contributed by atoms with Crippen LogP contribution in [0.1, 0.15) is 28.3 Å². The van der Waals surface area contributed by atoms with Gasteiger partial charge in [-0.25, -0.2) is 4.39 Å². The van der Waals surface area contributed by atoms with Gasteiger partial charge in [0.1, 0.15) is 5.82 Å². The van der Waals surface area contributed by atoms with Gasteiger partial charge in [-0.15, -0.1) is 0 Å². The minimum Gasteiger partial charge on any atom is -0.293 e. The molecule has 2 aromatic rings. The van der Waals surface area contributed by atoms with E-state index >= 15 is 0 Å². The quantitative estimate of drug-likeness (QED) is 0.344. The van der Waals surface area contributed by atoms with Gasteiger partial charge in [-0.05, 0) is 11.6 Å². The Hall–Kier alpha value is -2.59. The Balaban J connectivity index is 2.55. The molecule has 11 heteroatoms. The predicted molar refractivity (Wildman–Crippen MR) is 85.4 cm³/mol. The van der Waals surface area contributed by atoms with Crippen LogP contribution in [0.25, 0.3) is 0 Å². The summed E-state index contributed by atoms with van der Waals surface area (Å²) in [7, 11) is 0. The van der Waals surface area contributed by atoms with Gasteiger partial charge in [0.2, 0.25) is 0 Å². The third-order valence-electron chi connectivity index (χ3n) is 4.33. The largest absolute Gasteiger partial charge is 0.460 e. The summed E-state index contributed by atoms with van der Waals surface area (Å²) in [4.78, 5) is 12.6. The maximum Gasteiger partial charge on any atom is 0.460 e. The first-order valence-corrected chi connectivity index (χ1v) is 8.17. The van der Waals surface area contributed by atoms with Crippen molar-refractivity contribution >= 4 is 5.78 Å². The fourth-order valence-corrected chi connectivity index (χ4v) is 2.70. The zero-order chi connectivity index (χ0) is 23.0. The van der Waals surface area contributed by atoms with Crippen LogP contribution in [0, 0.1) is 5.82 Å². The second-order valence-corrected chi connectivity index (χ2v) is 6.36. The van der Waals surface area contributed by atoms with Crippen molar-refractivity contribution in [1.82, 2.24) is 0 Å². The molecule has 0 aliphatic rings. The van der Waals surface area contributed by atoms with E-state index < -0.39 is 53.4 Å². The summed E-state index contributed by atoms with van der Waals surface area (Å²) in [5.74, 6) is -25.1. The number of Topliss-reactive ketones (excluding diaryl/α,β-unsaturated/α-hetero) is 1. The van der Waals surface area contributed by atoms with Crippen molar-refractivity contribution in [2.24, 2.45) is 0 Å². The fraction of sp³-hybridized carbons (Fsp3) is 0.316. The first-order valence-electron chi connectivity index (χ1n) is 8.17. The number of carbonyl (C=O) groups excluding carboxylic acids is 1. The summed E-state index contributed by atoms with van der Waals surface area (Å²) in [5.41, 5.74) is -1.20. The highest BCUT2D eigenvalue weighted by molar-refractivity contribution is 6.01. The number of benzene rings is 2. The van der Waals surface area contributed by atoms with Crippen LogP contribution in [0.4, 0.5) is 43.9 Å². The van der Waals surface area contributed by atoms with Crippen molar-refractivity contribution in [3.8, 4) is 0 Å². The smallest absolute Gasteiger partial charge is 0.293 e. The monoisotopic (exact) mass is 446 g/mol. The summed E-state index contributed by atoms with van der Waals surface area (Å²) in [5, 5.41) is 0. The summed E-state index contributed by atoms with van der Waals surface area (Å²) in [6.07, 6.45) is -9.48. The number of ketones is 1. The van der Waals surface area contributed by atoms with Crippen molar-refractivity contribution < 1.29 is 48.7 Å². The Labute approximate surface area is 163 Å². The van der Waals surface area contributed by atoms with E-state index in [1.807, 2.05) is 0 Å². The molecular weight excluding hydrogens is 434 g/mol. The van der Waals surface area contributed by atoms with Crippen molar-refractivity contribution in [3.63, 3.8) is 0 Å². The Morgan fingerprint density at radius 1 is 0.733 bits per heavy atom. The van der Waals surface area contributed by atoms with Gasteiger partial charge in [0, 0.05) is 12.0 Å². The molecule has 2 rings (SSSR count). The molecule has 0 aliphatic heterocycles. The lowest BCUT2D eigenvalue weighted by molar-refractivity contribution is -0.396. The summed E-state index contributed by atoms with van der Waals surface area (Å²) in [6.45, 7) is 0. The molecule has 0 amide bonds. The topological polar surface area (TPSA) is 17.1 Å². The molecule has 0 fully saturated rings. The van der Waals surface area contributed by atoms with Crippen LogP contribution in [-0.2, 0) is 0 Å². The van der Waals surface area contributed by atoms with Crippen LogP contribution < -0.4 is 0 Å². The molecule has 0 heterocycles. The normalized spacial score (nSPS) is 14.5. The van der Waals surface area contributed by atoms with Gasteiger partial charge >= 0.3 is 23.9 Å². The van der Waals surface area contributed by atoms with Gasteiger partial charge in [0.25, 0.3) is 0 Å². The Bertz CT molecular complexity index is 890. The molecule has 0 saturated heterocycles. The molecule has 0 radical (unpaired) electrons. The van der Waals surface area contributed by atoms with Gasteiger partial charge < -0.3 is 0 Å². The highest BCUT2D eigenvalue weighted by Crippen LogP contribution is 2.55. The standard InChI is InChI=1S/C19H12F10O/c20-14-9-5-4-8-12(14)13(15(30)11-6-2-1-3-7-11)10-16(21,22)17(23,24)18(25,26)19(27,28)29/h1-9,13H,10H2. The fourth-order valence-electron chi connectivity index (χ4n) is 2.70. The maximum absolute atomic E-state index is 14.2. The lowest BCUT2D eigenvalue weighted by Gasteiger charge is -2.35. The average molecular weight is 446 g/mol. The zero-order valence-electron chi connectivity index (χ0n) is 14.7. The zero-order valence-corrected chi connectivity index (χ0v) is 14.7. The number of halogens is 10. The van der Waals surface area contributed by atoms with E-state index in [0.717, 1.165) is 30.3 Å². The highest BCUT2D eigenvalue weighted by atomic mass is 19.4. The van der Waals surface area contributed by atoms with Crippen LogP contribution >= 0.6 is 0 Å². The molecule has 0 N–H and O–H groups in total. The van der Waals surface area contributed by atoms with Gasteiger partial charge in [-0.2, -0.15) is 39.5 Å². The molecule has 30 heavy (non-hydrogen) atoms. The summed E-state index contributed by atoms with van der Waals surface area (Å²) >= 11 is 0. The third kappa shape index (κ3) is 4.15. The molecule has 0 spiro atoms. The van der Waals surface area contributed by atoms with E-state index in [9.17, 15) is 48.7 Å². The number of alkyl halides is 9. The maximum atomic E-state index is 14.2. The molecule has 164 valence electrons. The SMILES string of the molecule is O=C(c1ccccc1)C(CC(F)(F)C(F)(F)C(F)(F)C(F)(F)F)c1ccccc1F. The molecule has 1 unspecified atom stereocenters. The first kappa shape index (κ1) is 23.7. The number of carbonyl (C=O) groups is 1. The van der Waals surface area contributed by atoms with Crippen LogP contribution in [-0.4, -0.2) is 29.7 Å². The second-order valence-electron chi connectivity index (χ2n) is 6.36. The van der Waals surface area contributed by atoms with Crippen molar-refractivity contribution in [2.75, 3.05) is 0 Å². The molecule has 0 aromatic heterocycles. The Morgan fingerprint density at radius 2 is 1.23 bits per heavy atom. The lowest BCUT2D eigenvalue weighted by atomic mass is 9.83. The lowest BCUT2D eigenvalue weighted by Crippen LogP contribution is -2.61. The van der Waals surface area contributed by atoms with Gasteiger partial charge in [-0.1, -0.05) is 48.5 Å². The Kier molecular flexibility index (Phi) is 6.25. The minimum absolute atomic E-state index is 0.354. The van der Waals surface area contributed by atoms with Crippen LogP contribution in [0.5, 0.6) is 0 Å². The van der Waals surface area contributed by atoms with Crippen LogP contribution in [0.2, 0.25) is 0 Å². The van der Waals surface area contributed by atoms with Gasteiger partial charge in [0.05, 0.1) is 5.92 Å². The molecule has 0 aliphatic carbocycles. The number of hydrogen-bond donors (Lipinski definition) is 0. The molecular formula is C19H12F10O. The van der Waals surface area contributed by atoms with Crippen LogP contribution in [0.15, 0.2) is 54.6 Å². The highest BCUT2D eigenvalue weighted by Gasteiger charge is 2.81. The number of hydrogen-bond acceptors (Lipinski definition) is 1. The summed E-state index contributed by atoms with van der Waals surface area (Å²) < 4.78 is 133. The third-order valence-corrected chi connectivity index (χ3v) is 4.33.